The number of ether oxygens (including phenoxy) is 2. The van der Waals surface area contributed by atoms with Crippen LogP contribution < -0.4 is 0 Å². The molecular formula is C20H28N2O6. The fraction of sp³-hybridized carbons (Fsp3) is 0.600. The van der Waals surface area contributed by atoms with Gasteiger partial charge in [0.25, 0.3) is 5.69 Å². The molecule has 28 heavy (non-hydrogen) atoms. The number of carbonyl (C=O) groups is 2. The maximum atomic E-state index is 12.5. The molecule has 0 radical (unpaired) electrons. The van der Waals surface area contributed by atoms with Gasteiger partial charge < -0.3 is 14.4 Å². The first kappa shape index (κ1) is 21.7. The van der Waals surface area contributed by atoms with Crippen LogP contribution in [0.15, 0.2) is 24.3 Å². The Balaban J connectivity index is 2.02. The van der Waals surface area contributed by atoms with Crippen molar-refractivity contribution < 1.29 is 24.0 Å². The van der Waals surface area contributed by atoms with Crippen LogP contribution in [0.5, 0.6) is 0 Å². The summed E-state index contributed by atoms with van der Waals surface area (Å²) in [5.41, 5.74) is -0.388. The number of hydrogen-bond acceptors (Lipinski definition) is 6. The number of esters is 1. The molecule has 2 atom stereocenters. The lowest BCUT2D eigenvalue weighted by molar-refractivity contribution is -0.384. The average molecular weight is 392 g/mol. The van der Waals surface area contributed by atoms with Gasteiger partial charge in [0.1, 0.15) is 11.7 Å². The Hall–Kier alpha value is -2.64. The quantitative estimate of drug-likeness (QED) is 0.433. The molecule has 0 N–H and O–H groups in total. The number of rotatable bonds is 4. The molecule has 0 bridgehead atoms. The summed E-state index contributed by atoms with van der Waals surface area (Å²) in [6.45, 7) is 9.96. The van der Waals surface area contributed by atoms with Crippen LogP contribution in [-0.4, -0.2) is 46.2 Å². The number of nitro groups is 1. The Morgan fingerprint density at radius 3 is 2.32 bits per heavy atom. The van der Waals surface area contributed by atoms with Gasteiger partial charge in [0.15, 0.2) is 0 Å². The first-order valence-electron chi connectivity index (χ1n) is 9.43. The minimum atomic E-state index is -0.572. The Kier molecular flexibility index (Phi) is 6.64. The number of amides is 1. The van der Waals surface area contributed by atoms with Crippen molar-refractivity contribution in [2.45, 2.75) is 65.2 Å². The zero-order valence-corrected chi connectivity index (χ0v) is 17.0. The highest BCUT2D eigenvalue weighted by Crippen LogP contribution is 2.28. The molecule has 8 nitrogen and oxygen atoms in total. The molecule has 8 heteroatoms. The zero-order chi connectivity index (χ0) is 21.1. The highest BCUT2D eigenvalue weighted by Gasteiger charge is 2.37. The number of carbonyl (C=O) groups excluding carboxylic acids is 2. The van der Waals surface area contributed by atoms with Crippen LogP contribution in [-0.2, 0) is 9.47 Å². The van der Waals surface area contributed by atoms with E-state index in [0.29, 0.717) is 19.4 Å². The Morgan fingerprint density at radius 1 is 1.21 bits per heavy atom. The number of non-ortho nitro benzene ring substituents is 1. The van der Waals surface area contributed by atoms with E-state index in [-0.39, 0.29) is 35.4 Å². The van der Waals surface area contributed by atoms with Gasteiger partial charge in [-0.3, -0.25) is 10.1 Å². The molecule has 1 heterocycles. The molecular weight excluding hydrogens is 364 g/mol. The van der Waals surface area contributed by atoms with Crippen LogP contribution in [0.25, 0.3) is 0 Å². The third kappa shape index (κ3) is 5.68. The lowest BCUT2D eigenvalue weighted by Gasteiger charge is -2.41. The van der Waals surface area contributed by atoms with Crippen molar-refractivity contribution in [3.63, 3.8) is 0 Å². The van der Waals surface area contributed by atoms with Gasteiger partial charge in [0, 0.05) is 37.6 Å². The SMILES string of the molecule is CC(C)[C@H]1C[C@H](OC(=O)c2ccc([N+](=O)[O-])cc2)CCN1C(=O)OC(C)(C)C. The third-order valence-corrected chi connectivity index (χ3v) is 4.58. The zero-order valence-electron chi connectivity index (χ0n) is 17.0. The summed E-state index contributed by atoms with van der Waals surface area (Å²) in [5.74, 6) is -0.346. The van der Waals surface area contributed by atoms with E-state index in [0.717, 1.165) is 0 Å². The van der Waals surface area contributed by atoms with E-state index in [9.17, 15) is 19.7 Å². The predicted molar refractivity (Wildman–Crippen MR) is 103 cm³/mol. The summed E-state index contributed by atoms with van der Waals surface area (Å²) in [6.07, 6.45) is 0.358. The fourth-order valence-electron chi connectivity index (χ4n) is 3.19. The number of likely N-dealkylation sites (tertiary alicyclic amines) is 1. The van der Waals surface area contributed by atoms with E-state index in [1.165, 1.54) is 24.3 Å². The van der Waals surface area contributed by atoms with Gasteiger partial charge >= 0.3 is 12.1 Å². The highest BCUT2D eigenvalue weighted by atomic mass is 16.6. The minimum absolute atomic E-state index is 0.0814. The molecule has 0 aromatic heterocycles. The molecule has 0 saturated carbocycles. The van der Waals surface area contributed by atoms with Crippen molar-refractivity contribution in [1.29, 1.82) is 0 Å². The van der Waals surface area contributed by atoms with E-state index >= 15 is 0 Å². The van der Waals surface area contributed by atoms with Crippen LogP contribution in [0.4, 0.5) is 10.5 Å². The summed E-state index contributed by atoms with van der Waals surface area (Å²) in [6, 6.07) is 5.22. The van der Waals surface area contributed by atoms with Gasteiger partial charge in [-0.2, -0.15) is 0 Å². The monoisotopic (exact) mass is 392 g/mol. The largest absolute Gasteiger partial charge is 0.459 e. The van der Waals surface area contributed by atoms with Crippen LogP contribution in [0.1, 0.15) is 57.8 Å². The van der Waals surface area contributed by atoms with Crippen molar-refractivity contribution in [2.24, 2.45) is 5.92 Å². The van der Waals surface area contributed by atoms with E-state index in [1.54, 1.807) is 4.90 Å². The maximum absolute atomic E-state index is 12.5. The van der Waals surface area contributed by atoms with Crippen molar-refractivity contribution in [2.75, 3.05) is 6.54 Å². The van der Waals surface area contributed by atoms with Gasteiger partial charge in [0.2, 0.25) is 0 Å². The Morgan fingerprint density at radius 2 is 1.82 bits per heavy atom. The molecule has 2 rings (SSSR count). The molecule has 1 aromatic rings. The molecule has 1 saturated heterocycles. The summed E-state index contributed by atoms with van der Waals surface area (Å²) >= 11 is 0. The molecule has 0 spiro atoms. The topological polar surface area (TPSA) is 99.0 Å². The van der Waals surface area contributed by atoms with E-state index in [1.807, 2.05) is 34.6 Å². The first-order valence-corrected chi connectivity index (χ1v) is 9.43. The summed E-state index contributed by atoms with van der Waals surface area (Å²) in [5, 5.41) is 10.7. The fourth-order valence-corrected chi connectivity index (χ4v) is 3.19. The highest BCUT2D eigenvalue weighted by molar-refractivity contribution is 5.89. The summed E-state index contributed by atoms with van der Waals surface area (Å²) < 4.78 is 11.1. The lowest BCUT2D eigenvalue weighted by atomic mass is 9.91. The summed E-state index contributed by atoms with van der Waals surface area (Å²) in [7, 11) is 0. The van der Waals surface area contributed by atoms with Gasteiger partial charge in [-0.25, -0.2) is 9.59 Å². The molecule has 154 valence electrons. The minimum Gasteiger partial charge on any atom is -0.459 e. The molecule has 1 amide bonds. The Bertz CT molecular complexity index is 723. The average Bonchev–Trinajstić information content (AvgIpc) is 2.60. The maximum Gasteiger partial charge on any atom is 0.410 e. The van der Waals surface area contributed by atoms with Crippen LogP contribution in [0, 0.1) is 16.0 Å². The van der Waals surface area contributed by atoms with Crippen LogP contribution >= 0.6 is 0 Å². The lowest BCUT2D eigenvalue weighted by Crippen LogP contribution is -2.52. The third-order valence-electron chi connectivity index (χ3n) is 4.58. The van der Waals surface area contributed by atoms with Crippen molar-refractivity contribution in [1.82, 2.24) is 4.90 Å². The molecule has 1 aliphatic heterocycles. The number of benzene rings is 1. The second-order valence-electron chi connectivity index (χ2n) is 8.34. The standard InChI is InChI=1S/C20H28N2O6/c1-13(2)17-12-16(10-11-21(17)19(24)28-20(3,4)5)27-18(23)14-6-8-15(9-7-14)22(25)26/h6-9,13,16-17H,10-12H2,1-5H3/t16-,17-/m1/s1. The van der Waals surface area contributed by atoms with Crippen molar-refractivity contribution >= 4 is 17.7 Å². The number of nitrogens with zero attached hydrogens (tertiary/aromatic N) is 2. The predicted octanol–water partition coefficient (Wildman–Crippen LogP) is 4.18. The van der Waals surface area contributed by atoms with Crippen molar-refractivity contribution in [3.8, 4) is 0 Å². The van der Waals surface area contributed by atoms with Gasteiger partial charge in [0.05, 0.1) is 10.5 Å². The normalized spacial score (nSPS) is 20.0. The second kappa shape index (κ2) is 8.58. The van der Waals surface area contributed by atoms with E-state index in [2.05, 4.69) is 0 Å². The first-order chi connectivity index (χ1) is 13.0. The number of nitro benzene ring substituents is 1. The molecule has 1 fully saturated rings. The van der Waals surface area contributed by atoms with Gasteiger partial charge in [-0.15, -0.1) is 0 Å². The molecule has 0 unspecified atom stereocenters. The van der Waals surface area contributed by atoms with Crippen LogP contribution in [0.3, 0.4) is 0 Å². The number of piperidine rings is 1. The molecule has 0 aliphatic carbocycles. The number of hydrogen-bond donors (Lipinski definition) is 0. The molecule has 1 aliphatic rings. The summed E-state index contributed by atoms with van der Waals surface area (Å²) in [4.78, 5) is 36.8. The van der Waals surface area contributed by atoms with Crippen molar-refractivity contribution in [3.05, 3.63) is 39.9 Å². The van der Waals surface area contributed by atoms with Gasteiger partial charge in [-0.05, 0) is 38.8 Å². The van der Waals surface area contributed by atoms with Crippen LogP contribution in [0.2, 0.25) is 0 Å². The van der Waals surface area contributed by atoms with E-state index in [4.69, 9.17) is 9.47 Å². The second-order valence-corrected chi connectivity index (χ2v) is 8.34. The van der Waals surface area contributed by atoms with Gasteiger partial charge in [-0.1, -0.05) is 13.8 Å². The Labute approximate surface area is 164 Å². The molecule has 1 aromatic carbocycles. The van der Waals surface area contributed by atoms with E-state index < -0.39 is 16.5 Å². The smallest absolute Gasteiger partial charge is 0.410 e.